The van der Waals surface area contributed by atoms with Crippen LogP contribution in [-0.4, -0.2) is 44.9 Å². The van der Waals surface area contributed by atoms with Crippen LogP contribution in [-0.2, 0) is 0 Å². The van der Waals surface area contributed by atoms with E-state index in [0.29, 0.717) is 17.4 Å². The smallest absolute Gasteiger partial charge is 0.275 e. The third-order valence-corrected chi connectivity index (χ3v) is 3.16. The Kier molecular flexibility index (Phi) is 3.07. The zero-order valence-corrected chi connectivity index (χ0v) is 10.0. The maximum absolute atomic E-state index is 6.09. The van der Waals surface area contributed by atoms with Crippen LogP contribution in [0.25, 0.3) is 11.6 Å². The Hall–Kier alpha value is -1.73. The standard InChI is InChI=1S/C11H16N6O/c12-8(7-17-5-1-2-6-17)10-14-11(18-16-10)9-3-4-13-15-9/h3-4,8H,1-2,5-7,12H2,(H,13,15). The molecular weight excluding hydrogens is 232 g/mol. The number of H-pyrrole nitrogens is 1. The van der Waals surface area contributed by atoms with E-state index < -0.39 is 0 Å². The van der Waals surface area contributed by atoms with Gasteiger partial charge in [-0.15, -0.1) is 0 Å². The molecule has 1 aliphatic rings. The fourth-order valence-electron chi connectivity index (χ4n) is 2.19. The Labute approximate surface area is 104 Å². The summed E-state index contributed by atoms with van der Waals surface area (Å²) in [5, 5.41) is 10.6. The van der Waals surface area contributed by atoms with Crippen LogP contribution >= 0.6 is 0 Å². The van der Waals surface area contributed by atoms with Gasteiger partial charge in [-0.05, 0) is 32.0 Å². The van der Waals surface area contributed by atoms with Gasteiger partial charge in [0.15, 0.2) is 5.82 Å². The summed E-state index contributed by atoms with van der Waals surface area (Å²) in [5.74, 6) is 0.978. The highest BCUT2D eigenvalue weighted by molar-refractivity contribution is 5.44. The number of hydrogen-bond acceptors (Lipinski definition) is 6. The Morgan fingerprint density at radius 1 is 1.44 bits per heavy atom. The van der Waals surface area contributed by atoms with Crippen LogP contribution in [0.2, 0.25) is 0 Å². The molecule has 96 valence electrons. The van der Waals surface area contributed by atoms with Gasteiger partial charge in [0, 0.05) is 12.7 Å². The highest BCUT2D eigenvalue weighted by Gasteiger charge is 2.20. The van der Waals surface area contributed by atoms with Crippen molar-refractivity contribution < 1.29 is 4.52 Å². The number of aromatic nitrogens is 4. The molecule has 0 aromatic carbocycles. The zero-order chi connectivity index (χ0) is 12.4. The first-order chi connectivity index (χ1) is 8.83. The van der Waals surface area contributed by atoms with Crippen LogP contribution in [0.4, 0.5) is 0 Å². The molecule has 0 saturated carbocycles. The first-order valence-electron chi connectivity index (χ1n) is 6.14. The molecule has 0 aliphatic carbocycles. The molecule has 3 N–H and O–H groups in total. The third kappa shape index (κ3) is 2.27. The molecule has 7 heteroatoms. The van der Waals surface area contributed by atoms with Crippen molar-refractivity contribution in [2.75, 3.05) is 19.6 Å². The highest BCUT2D eigenvalue weighted by Crippen LogP contribution is 2.17. The van der Waals surface area contributed by atoms with Crippen LogP contribution < -0.4 is 5.73 Å². The Morgan fingerprint density at radius 3 is 3.00 bits per heavy atom. The minimum absolute atomic E-state index is 0.205. The molecule has 18 heavy (non-hydrogen) atoms. The van der Waals surface area contributed by atoms with Gasteiger partial charge in [-0.25, -0.2) is 0 Å². The fraction of sp³-hybridized carbons (Fsp3) is 0.545. The van der Waals surface area contributed by atoms with E-state index in [1.807, 2.05) is 0 Å². The quantitative estimate of drug-likeness (QED) is 0.820. The minimum Gasteiger partial charge on any atom is -0.332 e. The van der Waals surface area contributed by atoms with Gasteiger partial charge in [0.05, 0.1) is 6.04 Å². The van der Waals surface area contributed by atoms with Gasteiger partial charge in [0.25, 0.3) is 5.89 Å². The van der Waals surface area contributed by atoms with Gasteiger partial charge in [-0.2, -0.15) is 10.1 Å². The highest BCUT2D eigenvalue weighted by atomic mass is 16.5. The van der Waals surface area contributed by atoms with E-state index in [2.05, 4.69) is 25.2 Å². The molecule has 3 rings (SSSR count). The van der Waals surface area contributed by atoms with E-state index in [-0.39, 0.29) is 6.04 Å². The van der Waals surface area contributed by atoms with E-state index in [1.54, 1.807) is 12.3 Å². The Bertz CT molecular complexity index is 487. The number of likely N-dealkylation sites (tertiary alicyclic amines) is 1. The first-order valence-corrected chi connectivity index (χ1v) is 6.14. The molecule has 2 aromatic rings. The lowest BCUT2D eigenvalue weighted by atomic mass is 10.3. The Balaban J connectivity index is 1.68. The maximum atomic E-state index is 6.09. The summed E-state index contributed by atoms with van der Waals surface area (Å²) in [6.07, 6.45) is 4.14. The van der Waals surface area contributed by atoms with Crippen molar-refractivity contribution in [2.45, 2.75) is 18.9 Å². The van der Waals surface area contributed by atoms with Gasteiger partial charge in [-0.3, -0.25) is 5.10 Å². The maximum Gasteiger partial charge on any atom is 0.275 e. The SMILES string of the molecule is NC(CN1CCCC1)c1noc(-c2ccn[nH]2)n1. The van der Waals surface area contributed by atoms with Crippen LogP contribution in [0.1, 0.15) is 24.7 Å². The van der Waals surface area contributed by atoms with Crippen molar-refractivity contribution in [1.82, 2.24) is 25.2 Å². The molecule has 7 nitrogen and oxygen atoms in total. The predicted molar refractivity (Wildman–Crippen MR) is 64.5 cm³/mol. The minimum atomic E-state index is -0.205. The number of nitrogens with one attached hydrogen (secondary N) is 1. The predicted octanol–water partition coefficient (Wildman–Crippen LogP) is 0.555. The lowest BCUT2D eigenvalue weighted by Crippen LogP contribution is -2.30. The lowest BCUT2D eigenvalue weighted by Gasteiger charge is -2.17. The number of rotatable bonds is 4. The van der Waals surface area contributed by atoms with Gasteiger partial charge >= 0.3 is 0 Å². The summed E-state index contributed by atoms with van der Waals surface area (Å²) in [6.45, 7) is 3.00. The van der Waals surface area contributed by atoms with E-state index in [4.69, 9.17) is 10.3 Å². The zero-order valence-electron chi connectivity index (χ0n) is 10.0. The van der Waals surface area contributed by atoms with Crippen LogP contribution in [0.3, 0.4) is 0 Å². The second kappa shape index (κ2) is 4.87. The molecule has 1 atom stereocenters. The number of nitrogens with zero attached hydrogens (tertiary/aromatic N) is 4. The van der Waals surface area contributed by atoms with Gasteiger partial charge < -0.3 is 15.2 Å². The van der Waals surface area contributed by atoms with Crippen LogP contribution in [0, 0.1) is 0 Å². The Morgan fingerprint density at radius 2 is 2.28 bits per heavy atom. The molecule has 0 radical (unpaired) electrons. The molecule has 0 amide bonds. The molecule has 1 saturated heterocycles. The van der Waals surface area contributed by atoms with Gasteiger partial charge in [0.2, 0.25) is 0 Å². The number of aromatic amines is 1. The first kappa shape index (κ1) is 11.4. The van der Waals surface area contributed by atoms with Crippen LogP contribution in [0.15, 0.2) is 16.8 Å². The molecular formula is C11H16N6O. The van der Waals surface area contributed by atoms with Crippen molar-refractivity contribution in [3.8, 4) is 11.6 Å². The average molecular weight is 248 g/mol. The summed E-state index contributed by atoms with van der Waals surface area (Å²) >= 11 is 0. The monoisotopic (exact) mass is 248 g/mol. The van der Waals surface area contributed by atoms with Crippen molar-refractivity contribution >= 4 is 0 Å². The second-order valence-corrected chi connectivity index (χ2v) is 4.54. The number of hydrogen-bond donors (Lipinski definition) is 2. The molecule has 0 bridgehead atoms. The molecule has 1 aliphatic heterocycles. The fourth-order valence-corrected chi connectivity index (χ4v) is 2.19. The summed E-state index contributed by atoms with van der Waals surface area (Å²) in [5.41, 5.74) is 6.80. The van der Waals surface area contributed by atoms with Crippen molar-refractivity contribution in [2.24, 2.45) is 5.73 Å². The summed E-state index contributed by atoms with van der Waals surface area (Å²) in [7, 11) is 0. The second-order valence-electron chi connectivity index (χ2n) is 4.54. The summed E-state index contributed by atoms with van der Waals surface area (Å²) < 4.78 is 5.16. The van der Waals surface area contributed by atoms with Crippen molar-refractivity contribution in [3.05, 3.63) is 18.1 Å². The molecule has 3 heterocycles. The van der Waals surface area contributed by atoms with Crippen molar-refractivity contribution in [3.63, 3.8) is 0 Å². The van der Waals surface area contributed by atoms with E-state index in [1.165, 1.54) is 12.8 Å². The summed E-state index contributed by atoms with van der Waals surface area (Å²) in [6, 6.07) is 1.58. The van der Waals surface area contributed by atoms with Gasteiger partial charge in [-0.1, -0.05) is 5.16 Å². The number of nitrogens with two attached hydrogens (primary N) is 1. The average Bonchev–Trinajstić information content (AvgIpc) is 3.11. The van der Waals surface area contributed by atoms with E-state index >= 15 is 0 Å². The van der Waals surface area contributed by atoms with E-state index in [0.717, 1.165) is 19.6 Å². The molecule has 1 fully saturated rings. The largest absolute Gasteiger partial charge is 0.332 e. The lowest BCUT2D eigenvalue weighted by molar-refractivity contribution is 0.306. The molecule has 1 unspecified atom stereocenters. The third-order valence-electron chi connectivity index (χ3n) is 3.16. The van der Waals surface area contributed by atoms with Crippen molar-refractivity contribution in [1.29, 1.82) is 0 Å². The van der Waals surface area contributed by atoms with Gasteiger partial charge in [0.1, 0.15) is 5.69 Å². The topological polar surface area (TPSA) is 96.9 Å². The van der Waals surface area contributed by atoms with Crippen LogP contribution in [0.5, 0.6) is 0 Å². The molecule has 2 aromatic heterocycles. The van der Waals surface area contributed by atoms with E-state index in [9.17, 15) is 0 Å². The normalized spacial score (nSPS) is 18.3. The summed E-state index contributed by atoms with van der Waals surface area (Å²) in [4.78, 5) is 6.62. The molecule has 0 spiro atoms.